The largest absolute Gasteiger partial charge is 0.465 e. The number of methoxy groups -OCH3 is 2. The van der Waals surface area contributed by atoms with Crippen LogP contribution in [0.2, 0.25) is 0 Å². The Kier molecular flexibility index (Phi) is 6.47. The number of benzene rings is 2. The van der Waals surface area contributed by atoms with Crippen LogP contribution in [-0.4, -0.2) is 26.2 Å². The van der Waals surface area contributed by atoms with Gasteiger partial charge in [0.15, 0.2) is 0 Å². The van der Waals surface area contributed by atoms with Crippen LogP contribution in [0.1, 0.15) is 21.5 Å². The number of hydrogen-bond donors (Lipinski definition) is 2. The Morgan fingerprint density at radius 1 is 1.08 bits per heavy atom. The minimum atomic E-state index is -0.724. The second-order valence-corrected chi connectivity index (χ2v) is 5.20. The van der Waals surface area contributed by atoms with E-state index in [2.05, 4.69) is 15.4 Å². The van der Waals surface area contributed by atoms with Gasteiger partial charge in [0.25, 0.3) is 0 Å². The molecule has 7 heteroatoms. The van der Waals surface area contributed by atoms with Crippen molar-refractivity contribution in [3.8, 4) is 0 Å². The van der Waals surface area contributed by atoms with Crippen molar-refractivity contribution in [1.29, 1.82) is 0 Å². The molecule has 132 valence electrons. The maximum atomic E-state index is 14.0. The Hall–Kier alpha value is -2.93. The molecule has 0 unspecified atom stereocenters. The molecule has 0 aliphatic carbocycles. The first-order valence-corrected chi connectivity index (χ1v) is 7.53. The van der Waals surface area contributed by atoms with E-state index in [-0.39, 0.29) is 17.8 Å². The van der Waals surface area contributed by atoms with Gasteiger partial charge in [-0.3, -0.25) is 0 Å². The zero-order valence-corrected chi connectivity index (χ0v) is 14.0. The smallest absolute Gasteiger partial charge is 0.337 e. The van der Waals surface area contributed by atoms with Gasteiger partial charge in [0.05, 0.1) is 25.0 Å². The first kappa shape index (κ1) is 18.4. The summed E-state index contributed by atoms with van der Waals surface area (Å²) in [6.07, 6.45) is 0. The molecule has 0 saturated heterocycles. The van der Waals surface area contributed by atoms with Gasteiger partial charge >= 0.3 is 12.0 Å². The van der Waals surface area contributed by atoms with Gasteiger partial charge in [-0.15, -0.1) is 0 Å². The highest BCUT2D eigenvalue weighted by Crippen LogP contribution is 2.16. The molecule has 0 bridgehead atoms. The second-order valence-electron chi connectivity index (χ2n) is 5.20. The second kappa shape index (κ2) is 8.79. The molecule has 2 aromatic carbocycles. The summed E-state index contributed by atoms with van der Waals surface area (Å²) in [5.41, 5.74) is 1.90. The molecule has 6 nitrogen and oxygen atoms in total. The molecule has 2 amide bonds. The summed E-state index contributed by atoms with van der Waals surface area (Å²) in [5.74, 6) is -1.37. The van der Waals surface area contributed by atoms with Crippen molar-refractivity contribution < 1.29 is 23.5 Å². The molecule has 0 aromatic heterocycles. The number of urea groups is 1. The summed E-state index contributed by atoms with van der Waals surface area (Å²) in [6.45, 7) is 0.705. The Morgan fingerprint density at radius 3 is 2.44 bits per heavy atom. The third-order valence-electron chi connectivity index (χ3n) is 3.50. The molecule has 0 heterocycles. The average Bonchev–Trinajstić information content (AvgIpc) is 2.62. The molecule has 0 fully saturated rings. The number of anilines is 1. The number of carbonyl (C=O) groups excluding carboxylic acids is 2. The van der Waals surface area contributed by atoms with Gasteiger partial charge in [-0.1, -0.05) is 24.3 Å². The summed E-state index contributed by atoms with van der Waals surface area (Å²) in [7, 11) is 2.80. The van der Waals surface area contributed by atoms with Crippen molar-refractivity contribution in [3.63, 3.8) is 0 Å². The lowest BCUT2D eigenvalue weighted by Gasteiger charge is -2.12. The highest BCUT2D eigenvalue weighted by atomic mass is 19.1. The number of amides is 2. The van der Waals surface area contributed by atoms with Crippen LogP contribution in [0.3, 0.4) is 0 Å². The van der Waals surface area contributed by atoms with Crippen LogP contribution < -0.4 is 10.6 Å². The lowest BCUT2D eigenvalue weighted by Crippen LogP contribution is -2.29. The van der Waals surface area contributed by atoms with E-state index in [1.807, 2.05) is 24.3 Å². The van der Waals surface area contributed by atoms with Crippen molar-refractivity contribution >= 4 is 17.7 Å². The van der Waals surface area contributed by atoms with E-state index in [4.69, 9.17) is 4.74 Å². The lowest BCUT2D eigenvalue weighted by molar-refractivity contribution is 0.0600. The van der Waals surface area contributed by atoms with Crippen molar-refractivity contribution in [1.82, 2.24) is 5.32 Å². The number of ether oxygens (including phenoxy) is 2. The molecule has 0 radical (unpaired) electrons. The predicted molar refractivity (Wildman–Crippen MR) is 90.8 cm³/mol. The number of nitrogens with one attached hydrogen (secondary N) is 2. The molecule has 0 spiro atoms. The van der Waals surface area contributed by atoms with Crippen molar-refractivity contribution in [2.75, 3.05) is 19.5 Å². The molecule has 0 aliphatic rings. The van der Waals surface area contributed by atoms with Crippen LogP contribution in [0.15, 0.2) is 42.5 Å². The van der Waals surface area contributed by atoms with Crippen LogP contribution in [0.25, 0.3) is 0 Å². The summed E-state index contributed by atoms with van der Waals surface area (Å²) in [6, 6.07) is 10.7. The zero-order valence-electron chi connectivity index (χ0n) is 14.0. The van der Waals surface area contributed by atoms with E-state index < -0.39 is 17.8 Å². The predicted octanol–water partition coefficient (Wildman–Crippen LogP) is 3.08. The van der Waals surface area contributed by atoms with E-state index in [0.29, 0.717) is 6.61 Å². The first-order valence-electron chi connectivity index (χ1n) is 7.53. The lowest BCUT2D eigenvalue weighted by atomic mass is 10.1. The van der Waals surface area contributed by atoms with Gasteiger partial charge in [-0.05, 0) is 29.3 Å². The van der Waals surface area contributed by atoms with Crippen LogP contribution in [0.5, 0.6) is 0 Å². The Bertz CT molecular complexity index is 764. The summed E-state index contributed by atoms with van der Waals surface area (Å²) >= 11 is 0. The minimum absolute atomic E-state index is 0.0321. The molecule has 0 atom stereocenters. The number of halogens is 1. The molecule has 0 aliphatic heterocycles. The van der Waals surface area contributed by atoms with Gasteiger partial charge in [-0.2, -0.15) is 0 Å². The fourth-order valence-corrected chi connectivity index (χ4v) is 2.23. The first-order chi connectivity index (χ1) is 12.0. The normalized spacial score (nSPS) is 10.2. The van der Waals surface area contributed by atoms with E-state index in [1.165, 1.54) is 19.2 Å². The third kappa shape index (κ3) is 5.02. The maximum Gasteiger partial charge on any atom is 0.337 e. The van der Waals surface area contributed by atoms with Crippen molar-refractivity contribution in [2.45, 2.75) is 13.2 Å². The minimum Gasteiger partial charge on any atom is -0.465 e. The van der Waals surface area contributed by atoms with Crippen LogP contribution >= 0.6 is 0 Å². The van der Waals surface area contributed by atoms with E-state index in [1.54, 1.807) is 7.11 Å². The van der Waals surface area contributed by atoms with Crippen molar-refractivity contribution in [3.05, 3.63) is 65.0 Å². The van der Waals surface area contributed by atoms with Gasteiger partial charge in [0, 0.05) is 13.7 Å². The fraction of sp³-hybridized carbons (Fsp3) is 0.222. The average molecular weight is 346 g/mol. The Morgan fingerprint density at radius 2 is 1.80 bits per heavy atom. The van der Waals surface area contributed by atoms with Crippen molar-refractivity contribution in [2.24, 2.45) is 0 Å². The van der Waals surface area contributed by atoms with Gasteiger partial charge in [0.1, 0.15) is 5.82 Å². The molecular formula is C18H19FN2O4. The van der Waals surface area contributed by atoms with Crippen LogP contribution in [-0.2, 0) is 22.6 Å². The topological polar surface area (TPSA) is 76.7 Å². The molecule has 2 N–H and O–H groups in total. The summed E-state index contributed by atoms with van der Waals surface area (Å²) in [5, 5.41) is 5.07. The number of hydrogen-bond acceptors (Lipinski definition) is 4. The highest BCUT2D eigenvalue weighted by molar-refractivity contribution is 5.92. The molecular weight excluding hydrogens is 327 g/mol. The summed E-state index contributed by atoms with van der Waals surface area (Å²) in [4.78, 5) is 23.3. The van der Waals surface area contributed by atoms with Crippen LogP contribution in [0.4, 0.5) is 14.9 Å². The van der Waals surface area contributed by atoms with Gasteiger partial charge in [0.2, 0.25) is 0 Å². The maximum absolute atomic E-state index is 14.0. The Balaban J connectivity index is 1.98. The number of rotatable bonds is 6. The molecule has 0 saturated carbocycles. The SMILES string of the molecule is COCc1ccccc1CNC(=O)Nc1ccc(C(=O)OC)cc1F. The molecule has 25 heavy (non-hydrogen) atoms. The van der Waals surface area contributed by atoms with Gasteiger partial charge in [-0.25, -0.2) is 14.0 Å². The number of carbonyl (C=O) groups is 2. The fourth-order valence-electron chi connectivity index (χ4n) is 2.23. The zero-order chi connectivity index (χ0) is 18.2. The summed E-state index contributed by atoms with van der Waals surface area (Å²) < 4.78 is 23.6. The quantitative estimate of drug-likeness (QED) is 0.788. The number of esters is 1. The Labute approximate surface area is 144 Å². The van der Waals surface area contributed by atoms with Gasteiger partial charge < -0.3 is 20.1 Å². The van der Waals surface area contributed by atoms with E-state index in [9.17, 15) is 14.0 Å². The molecule has 2 aromatic rings. The molecule has 2 rings (SSSR count). The van der Waals surface area contributed by atoms with E-state index >= 15 is 0 Å². The monoisotopic (exact) mass is 346 g/mol. The van der Waals surface area contributed by atoms with Crippen LogP contribution in [0, 0.1) is 5.82 Å². The third-order valence-corrected chi connectivity index (χ3v) is 3.50. The standard InChI is InChI=1S/C18H19FN2O4/c1-24-11-14-6-4-3-5-13(14)10-20-18(23)21-16-8-7-12(9-15(16)19)17(22)25-2/h3-9H,10-11H2,1-2H3,(H2,20,21,23). The van der Waals surface area contributed by atoms with E-state index in [0.717, 1.165) is 17.2 Å². The highest BCUT2D eigenvalue weighted by Gasteiger charge is 2.12.